The summed E-state index contributed by atoms with van der Waals surface area (Å²) in [6, 6.07) is 6.79. The van der Waals surface area contributed by atoms with Crippen LogP contribution < -0.4 is 4.74 Å². The zero-order valence-corrected chi connectivity index (χ0v) is 13.7. The second kappa shape index (κ2) is 4.29. The van der Waals surface area contributed by atoms with Crippen LogP contribution in [0.15, 0.2) is 18.2 Å². The van der Waals surface area contributed by atoms with Gasteiger partial charge in [0, 0.05) is 5.41 Å². The summed E-state index contributed by atoms with van der Waals surface area (Å²) in [6.07, 6.45) is 8.00. The lowest BCUT2D eigenvalue weighted by Crippen LogP contribution is -2.45. The third kappa shape index (κ3) is 1.55. The number of ether oxygens (including phenoxy) is 2. The van der Waals surface area contributed by atoms with Gasteiger partial charge in [-0.1, -0.05) is 13.0 Å². The van der Waals surface area contributed by atoms with Gasteiger partial charge >= 0.3 is 0 Å². The lowest BCUT2D eigenvalue weighted by Gasteiger charge is -2.50. The number of benzene rings is 1. The van der Waals surface area contributed by atoms with Crippen molar-refractivity contribution in [1.82, 2.24) is 0 Å². The molecule has 1 heterocycles. The van der Waals surface area contributed by atoms with Crippen LogP contribution in [-0.4, -0.2) is 19.3 Å². The largest absolute Gasteiger partial charge is 0.497 e. The van der Waals surface area contributed by atoms with E-state index in [0.29, 0.717) is 5.41 Å². The van der Waals surface area contributed by atoms with Gasteiger partial charge in [-0.3, -0.25) is 0 Å². The van der Waals surface area contributed by atoms with Crippen molar-refractivity contribution in [3.63, 3.8) is 0 Å². The normalized spacial score (nSPS) is 45.1. The number of epoxide rings is 1. The van der Waals surface area contributed by atoms with E-state index in [-0.39, 0.29) is 5.60 Å². The minimum absolute atomic E-state index is 0.281. The van der Waals surface area contributed by atoms with Crippen LogP contribution in [0.4, 0.5) is 0 Å². The number of rotatable bonds is 1. The number of hydrogen-bond acceptors (Lipinski definition) is 2. The molecule has 0 bridgehead atoms. The zero-order valence-electron chi connectivity index (χ0n) is 13.7. The molecule has 3 aliphatic carbocycles. The van der Waals surface area contributed by atoms with Crippen molar-refractivity contribution < 1.29 is 9.47 Å². The molecule has 0 N–H and O–H groups in total. The maximum atomic E-state index is 5.99. The van der Waals surface area contributed by atoms with E-state index in [1.807, 2.05) is 0 Å². The Morgan fingerprint density at radius 3 is 2.82 bits per heavy atom. The Kier molecular flexibility index (Phi) is 2.61. The van der Waals surface area contributed by atoms with Crippen LogP contribution >= 0.6 is 0 Å². The number of hydrogen-bond donors (Lipinski definition) is 0. The molecule has 5 rings (SSSR count). The monoisotopic (exact) mass is 298 g/mol. The number of fused-ring (bicyclic) bond motifs is 6. The van der Waals surface area contributed by atoms with Gasteiger partial charge in [0.25, 0.3) is 0 Å². The maximum Gasteiger partial charge on any atom is 0.119 e. The first kappa shape index (κ1) is 13.4. The van der Waals surface area contributed by atoms with E-state index in [4.69, 9.17) is 9.47 Å². The molecule has 1 aliphatic heterocycles. The van der Waals surface area contributed by atoms with Gasteiger partial charge in [-0.15, -0.1) is 0 Å². The summed E-state index contributed by atoms with van der Waals surface area (Å²) in [5.41, 5.74) is 3.90. The Hall–Kier alpha value is -1.02. The predicted molar refractivity (Wildman–Crippen MR) is 86.3 cm³/mol. The Morgan fingerprint density at radius 1 is 1.18 bits per heavy atom. The Labute approximate surface area is 133 Å². The van der Waals surface area contributed by atoms with Crippen LogP contribution in [0.1, 0.15) is 56.1 Å². The summed E-state index contributed by atoms with van der Waals surface area (Å²) in [4.78, 5) is 0. The predicted octanol–water partition coefficient (Wildman–Crippen LogP) is 4.32. The average molecular weight is 298 g/mol. The van der Waals surface area contributed by atoms with Crippen molar-refractivity contribution in [1.29, 1.82) is 0 Å². The summed E-state index contributed by atoms with van der Waals surface area (Å²) >= 11 is 0. The SMILES string of the molecule is COc1ccc2c(c1)CC[C@@H]1[C@@H]2CC[C@@]2(C)[C@H]1CCC21CO1. The van der Waals surface area contributed by atoms with Crippen molar-refractivity contribution in [2.45, 2.75) is 57.0 Å². The quantitative estimate of drug-likeness (QED) is 0.720. The average Bonchev–Trinajstić information content (AvgIpc) is 3.28. The van der Waals surface area contributed by atoms with Gasteiger partial charge in [0.15, 0.2) is 0 Å². The first-order chi connectivity index (χ1) is 10.7. The molecule has 0 aromatic heterocycles. The maximum absolute atomic E-state index is 5.99. The van der Waals surface area contributed by atoms with E-state index in [1.165, 1.54) is 38.5 Å². The van der Waals surface area contributed by atoms with Crippen LogP contribution in [0.25, 0.3) is 0 Å². The van der Waals surface area contributed by atoms with Crippen molar-refractivity contribution in [3.8, 4) is 5.75 Å². The topological polar surface area (TPSA) is 21.8 Å². The molecule has 1 saturated heterocycles. The third-order valence-corrected chi connectivity index (χ3v) is 7.72. The van der Waals surface area contributed by atoms with E-state index < -0.39 is 0 Å². The molecule has 1 aromatic carbocycles. The summed E-state index contributed by atoms with van der Waals surface area (Å²) in [7, 11) is 1.77. The summed E-state index contributed by atoms with van der Waals surface area (Å²) < 4.78 is 11.4. The molecular formula is C20H26O2. The molecule has 5 atom stereocenters. The molecule has 3 fully saturated rings. The van der Waals surface area contributed by atoms with Gasteiger partial charge in [-0.05, 0) is 79.5 Å². The molecule has 1 spiro atoms. The van der Waals surface area contributed by atoms with Gasteiger partial charge in [0.05, 0.1) is 19.3 Å². The highest BCUT2D eigenvalue weighted by molar-refractivity contribution is 5.41. The summed E-state index contributed by atoms with van der Waals surface area (Å²) in [6.45, 7) is 3.57. The van der Waals surface area contributed by atoms with Crippen molar-refractivity contribution in [2.24, 2.45) is 17.3 Å². The first-order valence-corrected chi connectivity index (χ1v) is 8.98. The van der Waals surface area contributed by atoms with E-state index in [0.717, 1.165) is 30.1 Å². The first-order valence-electron chi connectivity index (χ1n) is 8.98. The second-order valence-corrected chi connectivity index (χ2v) is 8.26. The third-order valence-electron chi connectivity index (χ3n) is 7.72. The van der Waals surface area contributed by atoms with Crippen molar-refractivity contribution >= 4 is 0 Å². The van der Waals surface area contributed by atoms with E-state index in [2.05, 4.69) is 25.1 Å². The summed E-state index contributed by atoms with van der Waals surface area (Å²) in [5.74, 6) is 3.55. The fourth-order valence-corrected chi connectivity index (χ4v) is 6.34. The van der Waals surface area contributed by atoms with Gasteiger partial charge in [-0.2, -0.15) is 0 Å². The van der Waals surface area contributed by atoms with Gasteiger partial charge in [0.2, 0.25) is 0 Å². The molecule has 2 nitrogen and oxygen atoms in total. The highest BCUT2D eigenvalue weighted by Gasteiger charge is 2.68. The minimum atomic E-state index is 0.281. The molecule has 0 amide bonds. The highest BCUT2D eigenvalue weighted by Crippen LogP contribution is 2.68. The van der Waals surface area contributed by atoms with Crippen molar-refractivity contribution in [3.05, 3.63) is 29.3 Å². The molecule has 4 aliphatic rings. The lowest BCUT2D eigenvalue weighted by atomic mass is 9.54. The number of methoxy groups -OCH3 is 1. The van der Waals surface area contributed by atoms with Gasteiger partial charge in [-0.25, -0.2) is 0 Å². The molecule has 1 unspecified atom stereocenters. The van der Waals surface area contributed by atoms with Crippen LogP contribution in [0, 0.1) is 17.3 Å². The molecule has 2 heteroatoms. The number of aryl methyl sites for hydroxylation is 1. The summed E-state index contributed by atoms with van der Waals surface area (Å²) in [5, 5.41) is 0. The van der Waals surface area contributed by atoms with Crippen LogP contribution in [0.2, 0.25) is 0 Å². The van der Waals surface area contributed by atoms with Gasteiger partial charge < -0.3 is 9.47 Å². The van der Waals surface area contributed by atoms with Gasteiger partial charge in [0.1, 0.15) is 5.75 Å². The molecule has 2 saturated carbocycles. The Morgan fingerprint density at radius 2 is 2.05 bits per heavy atom. The van der Waals surface area contributed by atoms with Crippen LogP contribution in [0.5, 0.6) is 5.75 Å². The Bertz CT molecular complexity index is 618. The van der Waals surface area contributed by atoms with E-state index >= 15 is 0 Å². The molecule has 118 valence electrons. The second-order valence-electron chi connectivity index (χ2n) is 8.26. The smallest absolute Gasteiger partial charge is 0.119 e. The van der Waals surface area contributed by atoms with Crippen LogP contribution in [0.3, 0.4) is 0 Å². The fourth-order valence-electron chi connectivity index (χ4n) is 6.34. The highest BCUT2D eigenvalue weighted by atomic mass is 16.6. The minimum Gasteiger partial charge on any atom is -0.497 e. The van der Waals surface area contributed by atoms with E-state index in [1.54, 1.807) is 18.2 Å². The van der Waals surface area contributed by atoms with Crippen molar-refractivity contribution in [2.75, 3.05) is 13.7 Å². The van der Waals surface area contributed by atoms with Crippen LogP contribution in [-0.2, 0) is 11.2 Å². The lowest BCUT2D eigenvalue weighted by molar-refractivity contribution is 0.0121. The molecule has 1 aromatic rings. The van der Waals surface area contributed by atoms with E-state index in [9.17, 15) is 0 Å². The molecule has 22 heavy (non-hydrogen) atoms. The Balaban J connectivity index is 1.51. The standard InChI is InChI=1S/C20H26O2/c1-19-9-7-16-15-6-4-14(21-2)11-13(15)3-5-17(16)18(19)8-10-20(19)12-22-20/h4,6,11,16-18H,3,5,7-10,12H2,1-2H3/t16-,17-,18+,19+,20?/m1/s1. The molecular weight excluding hydrogens is 272 g/mol. The molecule has 0 radical (unpaired) electrons. The fraction of sp³-hybridized carbons (Fsp3) is 0.700. The zero-order chi connectivity index (χ0) is 14.9.